The number of nitrogens with one attached hydrogen (secondary N) is 2. The van der Waals surface area contributed by atoms with Crippen LogP contribution in [0, 0.1) is 0 Å². The molecule has 0 bridgehead atoms. The number of aromatic nitrogens is 2. The van der Waals surface area contributed by atoms with Crippen LogP contribution in [0.25, 0.3) is 10.8 Å². The van der Waals surface area contributed by atoms with E-state index in [9.17, 15) is 4.79 Å². The Hall–Kier alpha value is -3.02. The van der Waals surface area contributed by atoms with Crippen LogP contribution in [0.5, 0.6) is 0 Å². The molecule has 0 spiro atoms. The van der Waals surface area contributed by atoms with Crippen LogP contribution >= 0.6 is 0 Å². The second-order valence-electron chi connectivity index (χ2n) is 4.71. The van der Waals surface area contributed by atoms with Crippen molar-refractivity contribution in [3.63, 3.8) is 0 Å². The Balaban J connectivity index is 1.92. The largest absolute Gasteiger partial charge is 0.391 e. The van der Waals surface area contributed by atoms with Gasteiger partial charge in [-0.1, -0.05) is 42.5 Å². The van der Waals surface area contributed by atoms with E-state index >= 15 is 0 Å². The van der Waals surface area contributed by atoms with E-state index in [4.69, 9.17) is 11.5 Å². The molecule has 0 fully saturated rings. The Kier molecular flexibility index (Phi) is 3.19. The standard InChI is InChI=1S/C15H15N5O/c16-12-13(19-15(17)20-14(12)21)18-8-10-6-3-5-9-4-1-2-7-11(9)10/h1-7H,8,16H2,(H4,17,18,19,20,21). The summed E-state index contributed by atoms with van der Waals surface area (Å²) in [7, 11) is 0. The van der Waals surface area contributed by atoms with E-state index < -0.39 is 5.56 Å². The average molecular weight is 281 g/mol. The Morgan fingerprint density at radius 2 is 1.86 bits per heavy atom. The van der Waals surface area contributed by atoms with Gasteiger partial charge in [0.05, 0.1) is 0 Å². The molecule has 106 valence electrons. The number of aromatic amines is 1. The van der Waals surface area contributed by atoms with Crippen LogP contribution in [0.1, 0.15) is 5.56 Å². The zero-order valence-corrected chi connectivity index (χ0v) is 11.3. The molecule has 1 aromatic heterocycles. The quantitative estimate of drug-likeness (QED) is 0.584. The molecule has 3 aromatic rings. The lowest BCUT2D eigenvalue weighted by Crippen LogP contribution is -2.18. The summed E-state index contributed by atoms with van der Waals surface area (Å²) in [5, 5.41) is 5.37. The fourth-order valence-corrected chi connectivity index (χ4v) is 2.26. The fourth-order valence-electron chi connectivity index (χ4n) is 2.26. The first-order valence-electron chi connectivity index (χ1n) is 6.51. The van der Waals surface area contributed by atoms with Gasteiger partial charge in [-0.2, -0.15) is 4.98 Å². The molecule has 0 saturated carbocycles. The van der Waals surface area contributed by atoms with Gasteiger partial charge in [-0.15, -0.1) is 0 Å². The molecule has 0 saturated heterocycles. The van der Waals surface area contributed by atoms with Crippen molar-refractivity contribution in [1.82, 2.24) is 9.97 Å². The van der Waals surface area contributed by atoms with Crippen LogP contribution in [0.15, 0.2) is 47.3 Å². The number of nitrogens with zero attached hydrogens (tertiary/aromatic N) is 1. The summed E-state index contributed by atoms with van der Waals surface area (Å²) < 4.78 is 0. The maximum atomic E-state index is 11.5. The minimum Gasteiger partial charge on any atom is -0.391 e. The second kappa shape index (κ2) is 5.16. The topological polar surface area (TPSA) is 110 Å². The Morgan fingerprint density at radius 3 is 2.71 bits per heavy atom. The van der Waals surface area contributed by atoms with Crippen molar-refractivity contribution >= 4 is 28.2 Å². The van der Waals surface area contributed by atoms with Crippen LogP contribution in [0.2, 0.25) is 0 Å². The van der Waals surface area contributed by atoms with Gasteiger partial charge < -0.3 is 16.8 Å². The highest BCUT2D eigenvalue weighted by Gasteiger charge is 2.07. The van der Waals surface area contributed by atoms with Crippen molar-refractivity contribution in [3.05, 3.63) is 58.4 Å². The molecule has 21 heavy (non-hydrogen) atoms. The lowest BCUT2D eigenvalue weighted by molar-refractivity contribution is 1.08. The molecule has 0 amide bonds. The summed E-state index contributed by atoms with van der Waals surface area (Å²) in [4.78, 5) is 17.9. The van der Waals surface area contributed by atoms with E-state index in [0.717, 1.165) is 16.3 Å². The average Bonchev–Trinajstić information content (AvgIpc) is 2.49. The van der Waals surface area contributed by atoms with Gasteiger partial charge in [-0.3, -0.25) is 9.78 Å². The third-order valence-corrected chi connectivity index (χ3v) is 3.30. The summed E-state index contributed by atoms with van der Waals surface area (Å²) >= 11 is 0. The van der Waals surface area contributed by atoms with Gasteiger partial charge >= 0.3 is 0 Å². The molecule has 2 aromatic carbocycles. The van der Waals surface area contributed by atoms with Crippen molar-refractivity contribution < 1.29 is 0 Å². The number of anilines is 3. The van der Waals surface area contributed by atoms with Gasteiger partial charge in [-0.05, 0) is 16.3 Å². The molecule has 0 radical (unpaired) electrons. The zero-order valence-electron chi connectivity index (χ0n) is 11.3. The smallest absolute Gasteiger partial charge is 0.277 e. The number of H-pyrrole nitrogens is 1. The number of nitrogen functional groups attached to an aromatic ring is 2. The lowest BCUT2D eigenvalue weighted by Gasteiger charge is -2.10. The first kappa shape index (κ1) is 13.0. The molecule has 0 aliphatic carbocycles. The normalized spacial score (nSPS) is 10.7. The number of hydrogen-bond donors (Lipinski definition) is 4. The van der Waals surface area contributed by atoms with E-state index in [0.29, 0.717) is 12.4 Å². The Bertz CT molecular complexity index is 851. The monoisotopic (exact) mass is 281 g/mol. The highest BCUT2D eigenvalue weighted by Crippen LogP contribution is 2.20. The van der Waals surface area contributed by atoms with E-state index in [2.05, 4.69) is 33.5 Å². The summed E-state index contributed by atoms with van der Waals surface area (Å²) in [6.45, 7) is 0.501. The van der Waals surface area contributed by atoms with Gasteiger partial charge in [-0.25, -0.2) is 0 Å². The molecule has 3 rings (SSSR count). The van der Waals surface area contributed by atoms with Crippen LogP contribution in [-0.2, 0) is 6.54 Å². The predicted octanol–water partition coefficient (Wildman–Crippen LogP) is 1.70. The maximum absolute atomic E-state index is 11.5. The molecule has 1 heterocycles. The number of hydrogen-bond acceptors (Lipinski definition) is 5. The van der Waals surface area contributed by atoms with Crippen molar-refractivity contribution in [2.75, 3.05) is 16.8 Å². The van der Waals surface area contributed by atoms with Crippen LogP contribution in [0.4, 0.5) is 17.5 Å². The van der Waals surface area contributed by atoms with Crippen molar-refractivity contribution in [2.45, 2.75) is 6.54 Å². The van der Waals surface area contributed by atoms with Crippen molar-refractivity contribution in [3.8, 4) is 0 Å². The van der Waals surface area contributed by atoms with Gasteiger partial charge in [0, 0.05) is 6.54 Å². The lowest BCUT2D eigenvalue weighted by atomic mass is 10.0. The summed E-state index contributed by atoms with van der Waals surface area (Å²) in [5.74, 6) is 0.332. The predicted molar refractivity (Wildman–Crippen MR) is 85.0 cm³/mol. The van der Waals surface area contributed by atoms with E-state index in [1.54, 1.807) is 0 Å². The summed E-state index contributed by atoms with van der Waals surface area (Å²) in [5.41, 5.74) is 11.9. The van der Waals surface area contributed by atoms with E-state index in [1.165, 1.54) is 0 Å². The Labute approximate surface area is 120 Å². The van der Waals surface area contributed by atoms with E-state index in [1.807, 2.05) is 24.3 Å². The first-order valence-corrected chi connectivity index (χ1v) is 6.51. The minimum absolute atomic E-state index is 0.0319. The molecular formula is C15H15N5O. The van der Waals surface area contributed by atoms with Crippen LogP contribution < -0.4 is 22.3 Å². The second-order valence-corrected chi connectivity index (χ2v) is 4.71. The minimum atomic E-state index is -0.442. The number of benzene rings is 2. The van der Waals surface area contributed by atoms with Gasteiger partial charge in [0.2, 0.25) is 5.95 Å². The van der Waals surface area contributed by atoms with E-state index in [-0.39, 0.29) is 11.6 Å². The van der Waals surface area contributed by atoms with Gasteiger partial charge in [0.25, 0.3) is 5.56 Å². The Morgan fingerprint density at radius 1 is 1.10 bits per heavy atom. The van der Waals surface area contributed by atoms with Crippen LogP contribution in [-0.4, -0.2) is 9.97 Å². The number of rotatable bonds is 3. The summed E-state index contributed by atoms with van der Waals surface area (Å²) in [6.07, 6.45) is 0. The molecule has 0 aliphatic rings. The SMILES string of the molecule is Nc1nc(NCc2cccc3ccccc23)c(N)c(=O)[nH]1. The maximum Gasteiger partial charge on any atom is 0.277 e. The first-order chi connectivity index (χ1) is 10.1. The van der Waals surface area contributed by atoms with Crippen LogP contribution in [0.3, 0.4) is 0 Å². The molecular weight excluding hydrogens is 266 g/mol. The van der Waals surface area contributed by atoms with Crippen molar-refractivity contribution in [2.24, 2.45) is 0 Å². The molecule has 6 nitrogen and oxygen atoms in total. The zero-order chi connectivity index (χ0) is 14.8. The molecule has 6 N–H and O–H groups in total. The third-order valence-electron chi connectivity index (χ3n) is 3.30. The summed E-state index contributed by atoms with van der Waals surface area (Å²) in [6, 6.07) is 14.1. The van der Waals surface area contributed by atoms with Crippen molar-refractivity contribution in [1.29, 1.82) is 0 Å². The number of nitrogens with two attached hydrogens (primary N) is 2. The molecule has 0 aliphatic heterocycles. The molecule has 0 unspecified atom stereocenters. The number of fused-ring (bicyclic) bond motifs is 1. The third kappa shape index (κ3) is 2.51. The highest BCUT2D eigenvalue weighted by molar-refractivity contribution is 5.85. The fraction of sp³-hybridized carbons (Fsp3) is 0.0667. The highest BCUT2D eigenvalue weighted by atomic mass is 16.1. The molecule has 0 atom stereocenters. The molecule has 6 heteroatoms. The van der Waals surface area contributed by atoms with Gasteiger partial charge in [0.15, 0.2) is 5.82 Å². The van der Waals surface area contributed by atoms with Gasteiger partial charge in [0.1, 0.15) is 5.69 Å².